The first-order valence-electron chi connectivity index (χ1n) is 7.16. The van der Waals surface area contributed by atoms with Crippen molar-refractivity contribution in [3.63, 3.8) is 0 Å². The molecule has 0 amide bonds. The second-order valence-corrected chi connectivity index (χ2v) is 5.31. The van der Waals surface area contributed by atoms with Crippen molar-refractivity contribution in [3.8, 4) is 0 Å². The smallest absolute Gasteiger partial charge is 0.396 e. The third-order valence-corrected chi connectivity index (χ3v) is 3.48. The fourth-order valence-corrected chi connectivity index (χ4v) is 2.37. The number of rotatable bonds is 6. The van der Waals surface area contributed by atoms with Crippen molar-refractivity contribution in [2.75, 3.05) is 19.7 Å². The molecule has 0 saturated heterocycles. The summed E-state index contributed by atoms with van der Waals surface area (Å²) >= 11 is 0. The molecular formula is C15H18F3N3O2. The molecule has 0 saturated carbocycles. The highest BCUT2D eigenvalue weighted by Crippen LogP contribution is 2.18. The standard InChI is InChI=1S/C15H18F3N3O2/c1-20-13(9-21(7-4-8-22)10-15(16,17)18)19-12-6-3-2-5-11(12)14(20)23/h2-3,5-6,22H,4,7-10H2,1H3. The minimum atomic E-state index is -4.36. The van der Waals surface area contributed by atoms with E-state index < -0.39 is 12.7 Å². The van der Waals surface area contributed by atoms with E-state index in [0.29, 0.717) is 10.9 Å². The van der Waals surface area contributed by atoms with Gasteiger partial charge in [-0.15, -0.1) is 0 Å². The molecule has 0 fully saturated rings. The zero-order valence-corrected chi connectivity index (χ0v) is 12.7. The van der Waals surface area contributed by atoms with Crippen molar-refractivity contribution in [3.05, 3.63) is 40.4 Å². The maximum atomic E-state index is 12.7. The SMILES string of the molecule is Cn1c(CN(CCCO)CC(F)(F)F)nc2ccccc2c1=O. The molecule has 2 aromatic rings. The average Bonchev–Trinajstić information content (AvgIpc) is 2.48. The van der Waals surface area contributed by atoms with Crippen LogP contribution >= 0.6 is 0 Å². The largest absolute Gasteiger partial charge is 0.401 e. The minimum absolute atomic E-state index is 0.0682. The Morgan fingerprint density at radius 3 is 2.65 bits per heavy atom. The Morgan fingerprint density at radius 2 is 2.00 bits per heavy atom. The fraction of sp³-hybridized carbons (Fsp3) is 0.467. The predicted molar refractivity (Wildman–Crippen MR) is 80.0 cm³/mol. The lowest BCUT2D eigenvalue weighted by Gasteiger charge is -2.23. The van der Waals surface area contributed by atoms with E-state index >= 15 is 0 Å². The molecule has 0 bridgehead atoms. The number of aliphatic hydroxyl groups is 1. The molecule has 0 unspecified atom stereocenters. The Morgan fingerprint density at radius 1 is 1.30 bits per heavy atom. The van der Waals surface area contributed by atoms with Crippen molar-refractivity contribution in [1.82, 2.24) is 14.5 Å². The van der Waals surface area contributed by atoms with Gasteiger partial charge in [-0.1, -0.05) is 12.1 Å². The van der Waals surface area contributed by atoms with E-state index in [1.807, 2.05) is 0 Å². The van der Waals surface area contributed by atoms with Crippen molar-refractivity contribution in [1.29, 1.82) is 0 Å². The Bertz CT molecular complexity index is 728. The second-order valence-electron chi connectivity index (χ2n) is 5.31. The molecule has 5 nitrogen and oxygen atoms in total. The molecule has 0 aliphatic heterocycles. The van der Waals surface area contributed by atoms with Gasteiger partial charge in [-0.2, -0.15) is 13.2 Å². The van der Waals surface area contributed by atoms with Crippen LogP contribution in [0.25, 0.3) is 10.9 Å². The van der Waals surface area contributed by atoms with Gasteiger partial charge in [-0.25, -0.2) is 4.98 Å². The van der Waals surface area contributed by atoms with Crippen LogP contribution in [0.3, 0.4) is 0 Å². The molecule has 23 heavy (non-hydrogen) atoms. The van der Waals surface area contributed by atoms with E-state index in [-0.39, 0.29) is 37.5 Å². The number of aromatic nitrogens is 2. The molecule has 126 valence electrons. The Hall–Kier alpha value is -1.93. The summed E-state index contributed by atoms with van der Waals surface area (Å²) in [7, 11) is 1.49. The zero-order chi connectivity index (χ0) is 17.0. The van der Waals surface area contributed by atoms with Crippen LogP contribution in [0.2, 0.25) is 0 Å². The van der Waals surface area contributed by atoms with Crippen LogP contribution < -0.4 is 5.56 Å². The maximum Gasteiger partial charge on any atom is 0.401 e. The molecule has 0 atom stereocenters. The molecule has 0 radical (unpaired) electrons. The van der Waals surface area contributed by atoms with Gasteiger partial charge < -0.3 is 5.11 Å². The number of benzene rings is 1. The zero-order valence-electron chi connectivity index (χ0n) is 12.7. The van der Waals surface area contributed by atoms with Gasteiger partial charge in [0.25, 0.3) is 5.56 Å². The Kier molecular flexibility index (Phi) is 5.38. The van der Waals surface area contributed by atoms with Gasteiger partial charge in [0.15, 0.2) is 0 Å². The lowest BCUT2D eigenvalue weighted by molar-refractivity contribution is -0.147. The van der Waals surface area contributed by atoms with Gasteiger partial charge in [-0.05, 0) is 18.6 Å². The topological polar surface area (TPSA) is 58.4 Å². The Balaban J connectivity index is 2.33. The van der Waals surface area contributed by atoms with Crippen LogP contribution in [-0.2, 0) is 13.6 Å². The number of aliphatic hydroxyl groups excluding tert-OH is 1. The summed E-state index contributed by atoms with van der Waals surface area (Å²) in [5.41, 5.74) is 0.166. The first kappa shape index (κ1) is 17.4. The van der Waals surface area contributed by atoms with Crippen LogP contribution in [0, 0.1) is 0 Å². The maximum absolute atomic E-state index is 12.7. The molecular weight excluding hydrogens is 311 g/mol. The summed E-state index contributed by atoms with van der Waals surface area (Å²) in [5, 5.41) is 9.27. The van der Waals surface area contributed by atoms with Gasteiger partial charge >= 0.3 is 6.18 Å². The van der Waals surface area contributed by atoms with Gasteiger partial charge in [0.1, 0.15) is 5.82 Å². The third-order valence-electron chi connectivity index (χ3n) is 3.48. The van der Waals surface area contributed by atoms with Gasteiger partial charge in [-0.3, -0.25) is 14.3 Å². The fourth-order valence-electron chi connectivity index (χ4n) is 2.37. The summed E-state index contributed by atoms with van der Waals surface area (Å²) in [4.78, 5) is 17.7. The molecule has 0 spiro atoms. The number of nitrogens with zero attached hydrogens (tertiary/aromatic N) is 3. The van der Waals surface area contributed by atoms with Gasteiger partial charge in [0.05, 0.1) is 24.0 Å². The summed E-state index contributed by atoms with van der Waals surface area (Å²) < 4.78 is 39.3. The number of hydrogen-bond acceptors (Lipinski definition) is 4. The Labute approximate surface area is 131 Å². The number of fused-ring (bicyclic) bond motifs is 1. The molecule has 0 aliphatic rings. The van der Waals surface area contributed by atoms with Gasteiger partial charge in [0.2, 0.25) is 0 Å². The third kappa shape index (κ3) is 4.52. The monoisotopic (exact) mass is 329 g/mol. The van der Waals surface area contributed by atoms with Crippen LogP contribution in [0.4, 0.5) is 13.2 Å². The number of para-hydroxylation sites is 1. The molecule has 1 N–H and O–H groups in total. The lowest BCUT2D eigenvalue weighted by atomic mass is 10.2. The second kappa shape index (κ2) is 7.10. The number of alkyl halides is 3. The number of halogens is 3. The van der Waals surface area contributed by atoms with E-state index in [1.165, 1.54) is 11.6 Å². The van der Waals surface area contributed by atoms with Crippen LogP contribution in [0.5, 0.6) is 0 Å². The van der Waals surface area contributed by atoms with Crippen molar-refractivity contribution in [2.24, 2.45) is 7.05 Å². The predicted octanol–water partition coefficient (Wildman–Crippen LogP) is 1.68. The van der Waals surface area contributed by atoms with E-state index in [2.05, 4.69) is 4.98 Å². The molecule has 1 heterocycles. The quantitative estimate of drug-likeness (QED) is 0.876. The molecule has 1 aromatic heterocycles. The summed E-state index contributed by atoms with van der Waals surface area (Å²) in [5.74, 6) is 0.260. The van der Waals surface area contributed by atoms with Crippen molar-refractivity contribution in [2.45, 2.75) is 19.1 Å². The highest BCUT2D eigenvalue weighted by atomic mass is 19.4. The van der Waals surface area contributed by atoms with E-state index in [0.717, 1.165) is 4.90 Å². The lowest BCUT2D eigenvalue weighted by Crippen LogP contribution is -2.37. The summed E-state index contributed by atoms with van der Waals surface area (Å²) in [6.07, 6.45) is -4.14. The summed E-state index contributed by atoms with van der Waals surface area (Å²) in [6, 6.07) is 6.72. The highest BCUT2D eigenvalue weighted by molar-refractivity contribution is 5.77. The molecule has 1 aromatic carbocycles. The van der Waals surface area contributed by atoms with E-state index in [9.17, 15) is 18.0 Å². The van der Waals surface area contributed by atoms with E-state index in [4.69, 9.17) is 5.11 Å². The normalized spacial score (nSPS) is 12.3. The van der Waals surface area contributed by atoms with Crippen molar-refractivity contribution < 1.29 is 18.3 Å². The molecule has 2 rings (SSSR count). The van der Waals surface area contributed by atoms with Crippen LogP contribution in [-0.4, -0.2) is 45.4 Å². The van der Waals surface area contributed by atoms with Crippen LogP contribution in [0.1, 0.15) is 12.2 Å². The highest BCUT2D eigenvalue weighted by Gasteiger charge is 2.31. The van der Waals surface area contributed by atoms with Crippen LogP contribution in [0.15, 0.2) is 29.1 Å². The summed E-state index contributed by atoms with van der Waals surface area (Å²) in [6.45, 7) is -1.36. The van der Waals surface area contributed by atoms with Crippen molar-refractivity contribution >= 4 is 10.9 Å². The number of hydrogen-bond donors (Lipinski definition) is 1. The first-order valence-corrected chi connectivity index (χ1v) is 7.16. The average molecular weight is 329 g/mol. The minimum Gasteiger partial charge on any atom is -0.396 e. The van der Waals surface area contributed by atoms with E-state index in [1.54, 1.807) is 24.3 Å². The first-order chi connectivity index (χ1) is 10.8. The van der Waals surface area contributed by atoms with Gasteiger partial charge in [0, 0.05) is 20.2 Å². The molecule has 0 aliphatic carbocycles. The molecule has 8 heteroatoms.